The molecule has 112 valence electrons. The van der Waals surface area contributed by atoms with Crippen molar-refractivity contribution in [3.63, 3.8) is 0 Å². The quantitative estimate of drug-likeness (QED) is 0.491. The van der Waals surface area contributed by atoms with Gasteiger partial charge in [-0.15, -0.1) is 0 Å². The molecule has 21 heavy (non-hydrogen) atoms. The first-order valence-corrected chi connectivity index (χ1v) is 6.96. The Balaban J connectivity index is 1.94. The predicted octanol–water partition coefficient (Wildman–Crippen LogP) is 1.70. The number of imide groups is 1. The molecule has 1 aliphatic heterocycles. The predicted molar refractivity (Wildman–Crippen MR) is 75.6 cm³/mol. The second-order valence-electron chi connectivity index (χ2n) is 4.82. The Morgan fingerprint density at radius 1 is 1.29 bits per heavy atom. The number of hydrogen-bond acceptors (Lipinski definition) is 4. The van der Waals surface area contributed by atoms with E-state index in [1.807, 2.05) is 6.92 Å². The summed E-state index contributed by atoms with van der Waals surface area (Å²) in [7, 11) is 0. The van der Waals surface area contributed by atoms with Gasteiger partial charge in [0.1, 0.15) is 0 Å². The van der Waals surface area contributed by atoms with Crippen molar-refractivity contribution in [2.75, 3.05) is 13.2 Å². The largest absolute Gasteiger partial charge is 0.462 e. The summed E-state index contributed by atoms with van der Waals surface area (Å²) in [5.74, 6) is -0.604. The zero-order valence-electron chi connectivity index (χ0n) is 11.9. The smallest absolute Gasteiger partial charge is 0.338 e. The summed E-state index contributed by atoms with van der Waals surface area (Å²) in [6.45, 7) is 2.69. The molecule has 0 atom stereocenters. The van der Waals surface area contributed by atoms with Gasteiger partial charge in [-0.25, -0.2) is 9.59 Å². The van der Waals surface area contributed by atoms with Crippen LogP contribution in [-0.2, 0) is 16.1 Å². The van der Waals surface area contributed by atoms with Gasteiger partial charge in [0.05, 0.1) is 25.3 Å². The highest BCUT2D eigenvalue weighted by Gasteiger charge is 2.28. The summed E-state index contributed by atoms with van der Waals surface area (Å²) < 4.78 is 5.11. The monoisotopic (exact) mass is 290 g/mol. The average molecular weight is 290 g/mol. The molecular formula is C15H18N2O4. The Morgan fingerprint density at radius 2 is 2.00 bits per heavy atom. The summed E-state index contributed by atoms with van der Waals surface area (Å²) in [4.78, 5) is 35.8. The second-order valence-corrected chi connectivity index (χ2v) is 4.82. The zero-order chi connectivity index (χ0) is 15.2. The third-order valence-electron chi connectivity index (χ3n) is 3.20. The van der Waals surface area contributed by atoms with Crippen LogP contribution in [0.15, 0.2) is 24.3 Å². The maximum absolute atomic E-state index is 11.7. The third kappa shape index (κ3) is 3.81. The molecule has 0 radical (unpaired) electrons. The van der Waals surface area contributed by atoms with Gasteiger partial charge >= 0.3 is 12.0 Å². The molecular weight excluding hydrogens is 272 g/mol. The topological polar surface area (TPSA) is 75.7 Å². The van der Waals surface area contributed by atoms with Crippen LogP contribution >= 0.6 is 0 Å². The highest BCUT2D eigenvalue weighted by molar-refractivity contribution is 6.01. The maximum Gasteiger partial charge on any atom is 0.338 e. The van der Waals surface area contributed by atoms with Crippen LogP contribution in [0, 0.1) is 0 Å². The molecule has 3 amide bonds. The van der Waals surface area contributed by atoms with Crippen LogP contribution in [0.5, 0.6) is 0 Å². The number of nitrogens with zero attached hydrogens (tertiary/aromatic N) is 1. The van der Waals surface area contributed by atoms with E-state index in [1.165, 1.54) is 0 Å². The Kier molecular flexibility index (Phi) is 4.92. The van der Waals surface area contributed by atoms with Crippen LogP contribution in [-0.4, -0.2) is 36.0 Å². The van der Waals surface area contributed by atoms with Crippen molar-refractivity contribution >= 4 is 17.9 Å². The lowest BCUT2D eigenvalue weighted by molar-refractivity contribution is -0.125. The average Bonchev–Trinajstić information content (AvgIpc) is 2.80. The molecule has 0 unspecified atom stereocenters. The van der Waals surface area contributed by atoms with E-state index in [4.69, 9.17) is 4.74 Å². The van der Waals surface area contributed by atoms with Gasteiger partial charge in [0.25, 0.3) is 0 Å². The van der Waals surface area contributed by atoms with Crippen LogP contribution in [0.25, 0.3) is 0 Å². The van der Waals surface area contributed by atoms with E-state index in [0.29, 0.717) is 12.2 Å². The van der Waals surface area contributed by atoms with Crippen molar-refractivity contribution in [3.8, 4) is 0 Å². The lowest BCUT2D eigenvalue weighted by atomic mass is 10.1. The van der Waals surface area contributed by atoms with Gasteiger partial charge < -0.3 is 10.1 Å². The van der Waals surface area contributed by atoms with E-state index >= 15 is 0 Å². The first-order chi connectivity index (χ1) is 10.1. The van der Waals surface area contributed by atoms with E-state index in [-0.39, 0.29) is 31.0 Å². The van der Waals surface area contributed by atoms with Gasteiger partial charge in [0, 0.05) is 0 Å². The molecule has 1 aromatic carbocycles. The summed E-state index contributed by atoms with van der Waals surface area (Å²) in [5, 5.41) is 2.46. The summed E-state index contributed by atoms with van der Waals surface area (Å²) in [6, 6.07) is 6.33. The highest BCUT2D eigenvalue weighted by Crippen LogP contribution is 2.11. The van der Waals surface area contributed by atoms with Gasteiger partial charge in [-0.1, -0.05) is 25.5 Å². The fourth-order valence-electron chi connectivity index (χ4n) is 1.94. The van der Waals surface area contributed by atoms with Crippen LogP contribution in [0.4, 0.5) is 4.79 Å². The maximum atomic E-state index is 11.7. The molecule has 6 heteroatoms. The standard InChI is InChI=1S/C15H18N2O4/c1-2-3-8-21-14(19)12-6-4-11(5-7-12)10-17-13(18)9-16-15(17)20/h4-7H,2-3,8-10H2,1H3,(H,16,20). The van der Waals surface area contributed by atoms with Crippen molar-refractivity contribution < 1.29 is 19.1 Å². The van der Waals surface area contributed by atoms with E-state index in [2.05, 4.69) is 5.32 Å². The molecule has 6 nitrogen and oxygen atoms in total. The fraction of sp³-hybridized carbons (Fsp3) is 0.400. The van der Waals surface area contributed by atoms with Crippen molar-refractivity contribution in [1.82, 2.24) is 10.2 Å². The number of hydrogen-bond donors (Lipinski definition) is 1. The Bertz CT molecular complexity index is 523. The number of rotatable bonds is 6. The number of nitrogens with one attached hydrogen (secondary N) is 1. The summed E-state index contributed by atoms with van der Waals surface area (Å²) in [6.07, 6.45) is 1.81. The second kappa shape index (κ2) is 6.88. The summed E-state index contributed by atoms with van der Waals surface area (Å²) >= 11 is 0. The van der Waals surface area contributed by atoms with Crippen molar-refractivity contribution in [2.45, 2.75) is 26.3 Å². The van der Waals surface area contributed by atoms with Gasteiger partial charge in [0.15, 0.2) is 0 Å². The van der Waals surface area contributed by atoms with Gasteiger partial charge in [-0.2, -0.15) is 0 Å². The van der Waals surface area contributed by atoms with Crippen LogP contribution in [0.2, 0.25) is 0 Å². The van der Waals surface area contributed by atoms with Crippen LogP contribution in [0.1, 0.15) is 35.7 Å². The number of urea groups is 1. The number of esters is 1. The molecule has 0 spiro atoms. The number of unbranched alkanes of at least 4 members (excludes halogenated alkanes) is 1. The van der Waals surface area contributed by atoms with Crippen molar-refractivity contribution in [1.29, 1.82) is 0 Å². The normalized spacial score (nSPS) is 14.2. The number of benzene rings is 1. The van der Waals surface area contributed by atoms with E-state index in [9.17, 15) is 14.4 Å². The van der Waals surface area contributed by atoms with Gasteiger partial charge in [-0.3, -0.25) is 9.69 Å². The molecule has 0 aliphatic carbocycles. The molecule has 0 saturated carbocycles. The minimum absolute atomic E-state index is 0.0423. The molecule has 0 bridgehead atoms. The Hall–Kier alpha value is -2.37. The fourth-order valence-corrected chi connectivity index (χ4v) is 1.94. The van der Waals surface area contributed by atoms with Gasteiger partial charge in [0.2, 0.25) is 5.91 Å². The Labute approximate surface area is 123 Å². The lowest BCUT2D eigenvalue weighted by Crippen LogP contribution is -2.30. The van der Waals surface area contributed by atoms with Crippen LogP contribution in [0.3, 0.4) is 0 Å². The molecule has 1 aliphatic rings. The lowest BCUT2D eigenvalue weighted by Gasteiger charge is -2.12. The molecule has 1 fully saturated rings. The van der Waals surface area contributed by atoms with Crippen LogP contribution < -0.4 is 5.32 Å². The minimum atomic E-state index is -0.386. The number of amides is 3. The Morgan fingerprint density at radius 3 is 2.57 bits per heavy atom. The third-order valence-corrected chi connectivity index (χ3v) is 3.20. The van der Waals surface area contributed by atoms with E-state index in [1.54, 1.807) is 24.3 Å². The van der Waals surface area contributed by atoms with Crippen molar-refractivity contribution in [3.05, 3.63) is 35.4 Å². The highest BCUT2D eigenvalue weighted by atomic mass is 16.5. The van der Waals surface area contributed by atoms with Gasteiger partial charge in [-0.05, 0) is 24.1 Å². The first-order valence-electron chi connectivity index (χ1n) is 6.96. The number of ether oxygens (including phenoxy) is 1. The molecule has 1 heterocycles. The SMILES string of the molecule is CCCCOC(=O)c1ccc(CN2C(=O)CNC2=O)cc1. The molecule has 1 aromatic rings. The molecule has 1 saturated heterocycles. The number of carbonyl (C=O) groups is 3. The minimum Gasteiger partial charge on any atom is -0.462 e. The molecule has 2 rings (SSSR count). The molecule has 0 aromatic heterocycles. The summed E-state index contributed by atoms with van der Waals surface area (Å²) in [5.41, 5.74) is 1.25. The first kappa shape index (κ1) is 15.0. The van der Waals surface area contributed by atoms with Crippen molar-refractivity contribution in [2.24, 2.45) is 0 Å². The zero-order valence-corrected chi connectivity index (χ0v) is 11.9. The van der Waals surface area contributed by atoms with E-state index in [0.717, 1.165) is 23.3 Å². The number of carbonyl (C=O) groups excluding carboxylic acids is 3. The van der Waals surface area contributed by atoms with E-state index < -0.39 is 0 Å². The molecule has 1 N–H and O–H groups in total.